The highest BCUT2D eigenvalue weighted by atomic mass is 35.5. The van der Waals surface area contributed by atoms with Gasteiger partial charge in [-0.2, -0.15) is 0 Å². The third-order valence-electron chi connectivity index (χ3n) is 7.57. The fourth-order valence-electron chi connectivity index (χ4n) is 5.35. The van der Waals surface area contributed by atoms with Crippen molar-refractivity contribution in [2.24, 2.45) is 0 Å². The molecule has 1 atom stereocenters. The van der Waals surface area contributed by atoms with Gasteiger partial charge in [-0.05, 0) is 82.0 Å². The number of aryl methyl sites for hydroxylation is 1. The number of pyridine rings is 1. The number of rotatable bonds is 4. The van der Waals surface area contributed by atoms with Crippen LogP contribution in [0.5, 0.6) is 11.5 Å². The number of halogens is 3. The topological polar surface area (TPSA) is 86.9 Å². The van der Waals surface area contributed by atoms with Crippen molar-refractivity contribution in [3.8, 4) is 22.6 Å². The zero-order chi connectivity index (χ0) is 29.5. The van der Waals surface area contributed by atoms with E-state index in [4.69, 9.17) is 43.1 Å². The first-order chi connectivity index (χ1) is 19.3. The Morgan fingerprint density at radius 1 is 1.12 bits per heavy atom. The lowest BCUT2D eigenvalue weighted by molar-refractivity contribution is -0.0272. The molecule has 41 heavy (non-hydrogen) atoms. The summed E-state index contributed by atoms with van der Waals surface area (Å²) in [6.07, 6.45) is 3.99. The lowest BCUT2D eigenvalue weighted by atomic mass is 9.82. The SMILES string of the molecule is C[C@@H](Oc1cc(-c2ccc3c(c2)CCC2(CCN(C(=O)OC(C)(C)C)CC2)O3)cnc1N)c1c(Cl)ccc(F)c1Cl. The van der Waals surface area contributed by atoms with E-state index in [1.807, 2.05) is 32.9 Å². The molecule has 0 bridgehead atoms. The molecule has 10 heteroatoms. The average molecular weight is 603 g/mol. The number of fused-ring (bicyclic) bond motifs is 1. The largest absolute Gasteiger partial charge is 0.487 e. The molecule has 2 N–H and O–H groups in total. The van der Waals surface area contributed by atoms with Crippen molar-refractivity contribution < 1.29 is 23.4 Å². The molecule has 0 radical (unpaired) electrons. The van der Waals surface area contributed by atoms with Crippen LogP contribution in [0.25, 0.3) is 11.1 Å². The van der Waals surface area contributed by atoms with Crippen molar-refractivity contribution in [2.75, 3.05) is 18.8 Å². The van der Waals surface area contributed by atoms with Gasteiger partial charge in [-0.25, -0.2) is 14.2 Å². The van der Waals surface area contributed by atoms with Gasteiger partial charge in [0.2, 0.25) is 0 Å². The Kier molecular flexibility index (Phi) is 8.01. The van der Waals surface area contributed by atoms with Gasteiger partial charge in [0.05, 0.1) is 5.02 Å². The maximum atomic E-state index is 14.1. The van der Waals surface area contributed by atoms with Crippen LogP contribution in [0.4, 0.5) is 15.0 Å². The Morgan fingerprint density at radius 3 is 2.56 bits per heavy atom. The molecule has 7 nitrogen and oxygen atoms in total. The van der Waals surface area contributed by atoms with Crippen LogP contribution in [0.1, 0.15) is 64.2 Å². The van der Waals surface area contributed by atoms with E-state index in [-0.39, 0.29) is 22.5 Å². The molecule has 1 aromatic heterocycles. The third kappa shape index (κ3) is 6.33. The minimum atomic E-state index is -0.667. The minimum Gasteiger partial charge on any atom is -0.487 e. The Hall–Kier alpha value is -3.23. The highest BCUT2D eigenvalue weighted by Crippen LogP contribution is 2.42. The second kappa shape index (κ2) is 11.2. The molecular weight excluding hydrogens is 568 g/mol. The van der Waals surface area contributed by atoms with Gasteiger partial charge >= 0.3 is 6.09 Å². The summed E-state index contributed by atoms with van der Waals surface area (Å²) < 4.78 is 32.2. The van der Waals surface area contributed by atoms with E-state index in [0.29, 0.717) is 29.4 Å². The molecule has 2 aromatic carbocycles. The Morgan fingerprint density at radius 2 is 1.85 bits per heavy atom. The lowest BCUT2D eigenvalue weighted by Crippen LogP contribution is -2.52. The molecular formula is C31H34Cl2FN3O4. The lowest BCUT2D eigenvalue weighted by Gasteiger charge is -2.44. The van der Waals surface area contributed by atoms with Crippen LogP contribution in [0, 0.1) is 5.82 Å². The van der Waals surface area contributed by atoms with Crippen LogP contribution < -0.4 is 15.2 Å². The van der Waals surface area contributed by atoms with Gasteiger partial charge in [-0.1, -0.05) is 29.3 Å². The Labute approximate surface area is 249 Å². The molecule has 0 aliphatic carbocycles. The van der Waals surface area contributed by atoms with E-state index in [9.17, 15) is 9.18 Å². The fourth-order valence-corrected chi connectivity index (χ4v) is 6.03. The second-order valence-corrected chi connectivity index (χ2v) is 12.5. The number of carbonyl (C=O) groups excluding carboxylic acids is 1. The van der Waals surface area contributed by atoms with Gasteiger partial charge in [-0.15, -0.1) is 0 Å². The predicted molar refractivity (Wildman–Crippen MR) is 158 cm³/mol. The number of piperidine rings is 1. The van der Waals surface area contributed by atoms with Crippen LogP contribution in [-0.4, -0.2) is 40.3 Å². The molecule has 1 saturated heterocycles. The summed E-state index contributed by atoms with van der Waals surface area (Å²) >= 11 is 12.5. The van der Waals surface area contributed by atoms with Crippen molar-refractivity contribution in [1.82, 2.24) is 9.88 Å². The summed E-state index contributed by atoms with van der Waals surface area (Å²) in [4.78, 5) is 18.6. The van der Waals surface area contributed by atoms with Crippen LogP contribution in [-0.2, 0) is 11.2 Å². The molecule has 5 rings (SSSR count). The van der Waals surface area contributed by atoms with Crippen LogP contribution in [0.3, 0.4) is 0 Å². The van der Waals surface area contributed by atoms with Crippen molar-refractivity contribution in [3.05, 3.63) is 69.6 Å². The molecule has 218 valence electrons. The zero-order valence-corrected chi connectivity index (χ0v) is 25.1. The smallest absolute Gasteiger partial charge is 0.410 e. The molecule has 0 saturated carbocycles. The number of benzene rings is 2. The number of carbonyl (C=O) groups is 1. The standard InChI is InChI=1S/C31H34Cl2FN3O4/c1-18(26-22(32)6-7-23(34)27(26)33)39-25-16-21(17-36-28(25)35)19-5-8-24-20(15-19)9-10-31(40-24)11-13-37(14-12-31)29(38)41-30(2,3)4/h5-8,15-18H,9-14H2,1-4H3,(H2,35,36)/t18-/m1/s1. The first-order valence-corrected chi connectivity index (χ1v) is 14.5. The molecule has 3 aromatic rings. The summed E-state index contributed by atoms with van der Waals surface area (Å²) in [6, 6.07) is 10.5. The molecule has 1 spiro atoms. The summed E-state index contributed by atoms with van der Waals surface area (Å²) in [5.74, 6) is 0.823. The fraction of sp³-hybridized carbons (Fsp3) is 0.419. The molecule has 3 heterocycles. The van der Waals surface area contributed by atoms with E-state index in [1.54, 1.807) is 24.1 Å². The Balaban J connectivity index is 1.29. The molecule has 1 amide bonds. The highest BCUT2D eigenvalue weighted by Gasteiger charge is 2.41. The first-order valence-electron chi connectivity index (χ1n) is 13.7. The molecule has 1 fully saturated rings. The van der Waals surface area contributed by atoms with Crippen LogP contribution >= 0.6 is 23.2 Å². The van der Waals surface area contributed by atoms with Gasteiger partial charge in [0.15, 0.2) is 11.6 Å². The monoisotopic (exact) mass is 601 g/mol. The van der Waals surface area contributed by atoms with Crippen LogP contribution in [0.15, 0.2) is 42.6 Å². The number of likely N-dealkylation sites (tertiary alicyclic amines) is 1. The van der Waals surface area contributed by atoms with Crippen molar-refractivity contribution in [3.63, 3.8) is 0 Å². The maximum absolute atomic E-state index is 14.1. The number of ether oxygens (including phenoxy) is 3. The highest BCUT2D eigenvalue weighted by molar-refractivity contribution is 6.36. The van der Waals surface area contributed by atoms with Gasteiger partial charge in [0.25, 0.3) is 0 Å². The second-order valence-electron chi connectivity index (χ2n) is 11.7. The van der Waals surface area contributed by atoms with E-state index >= 15 is 0 Å². The first kappa shape index (κ1) is 29.3. The number of nitrogens with two attached hydrogens (primary N) is 1. The third-order valence-corrected chi connectivity index (χ3v) is 8.28. The van der Waals surface area contributed by atoms with Gasteiger partial charge < -0.3 is 24.8 Å². The molecule has 2 aliphatic rings. The summed E-state index contributed by atoms with van der Waals surface area (Å²) in [5, 5.41) is 0.213. The number of anilines is 1. The maximum Gasteiger partial charge on any atom is 0.410 e. The summed E-state index contributed by atoms with van der Waals surface area (Å²) in [6.45, 7) is 8.56. The summed E-state index contributed by atoms with van der Waals surface area (Å²) in [7, 11) is 0. The predicted octanol–water partition coefficient (Wildman–Crippen LogP) is 8.01. The number of aromatic nitrogens is 1. The van der Waals surface area contributed by atoms with Gasteiger partial charge in [0, 0.05) is 48.3 Å². The molecule has 0 unspecified atom stereocenters. The van der Waals surface area contributed by atoms with Gasteiger partial charge in [-0.3, -0.25) is 0 Å². The molecule has 2 aliphatic heterocycles. The minimum absolute atomic E-state index is 0.0874. The van der Waals surface area contributed by atoms with E-state index in [0.717, 1.165) is 48.1 Å². The van der Waals surface area contributed by atoms with Crippen molar-refractivity contribution in [2.45, 2.75) is 70.7 Å². The number of nitrogens with zero attached hydrogens (tertiary/aromatic N) is 2. The number of hydrogen-bond acceptors (Lipinski definition) is 6. The van der Waals surface area contributed by atoms with E-state index < -0.39 is 17.5 Å². The van der Waals surface area contributed by atoms with Crippen molar-refractivity contribution in [1.29, 1.82) is 0 Å². The number of amides is 1. The Bertz CT molecular complexity index is 1470. The van der Waals surface area contributed by atoms with Crippen molar-refractivity contribution >= 4 is 35.1 Å². The van der Waals surface area contributed by atoms with Crippen LogP contribution in [0.2, 0.25) is 10.0 Å². The summed E-state index contributed by atoms with van der Waals surface area (Å²) in [5.41, 5.74) is 8.52. The quantitative estimate of drug-likeness (QED) is 0.305. The number of hydrogen-bond donors (Lipinski definition) is 1. The normalized spacial score (nSPS) is 17.0. The average Bonchev–Trinajstić information content (AvgIpc) is 2.91. The van der Waals surface area contributed by atoms with E-state index in [2.05, 4.69) is 11.1 Å². The number of nitrogen functional groups attached to an aromatic ring is 1. The van der Waals surface area contributed by atoms with Gasteiger partial charge in [0.1, 0.15) is 28.9 Å². The zero-order valence-electron chi connectivity index (χ0n) is 23.6. The van der Waals surface area contributed by atoms with E-state index in [1.165, 1.54) is 12.1 Å².